The van der Waals surface area contributed by atoms with Crippen molar-refractivity contribution in [3.8, 4) is 0 Å². The zero-order valence-electron chi connectivity index (χ0n) is 11.1. The highest BCUT2D eigenvalue weighted by atomic mass is 35.5. The average Bonchev–Trinajstić information content (AvgIpc) is 2.82. The number of nitrogens with zero attached hydrogens (tertiary/aromatic N) is 3. The van der Waals surface area contributed by atoms with Crippen LogP contribution in [0.3, 0.4) is 0 Å². The van der Waals surface area contributed by atoms with Crippen molar-refractivity contribution in [3.63, 3.8) is 0 Å². The Labute approximate surface area is 121 Å². The van der Waals surface area contributed by atoms with Crippen LogP contribution in [0.25, 0.3) is 0 Å². The number of carbonyl (C=O) groups excluding carboxylic acids is 1. The molecule has 0 spiro atoms. The van der Waals surface area contributed by atoms with E-state index in [0.717, 1.165) is 6.42 Å². The number of halogens is 2. The van der Waals surface area contributed by atoms with Gasteiger partial charge in [-0.15, -0.1) is 0 Å². The standard InChI is InChI=1S/C14H15ClFN3O/c1-2-6-19-14(17-9-18-19)8-10(20)7-11-12(15)4-3-5-13(11)16/h3-5,9H,2,6-8H2,1H3. The quantitative estimate of drug-likeness (QED) is 0.823. The minimum atomic E-state index is -0.458. The number of hydrogen-bond donors (Lipinski definition) is 0. The van der Waals surface area contributed by atoms with E-state index in [4.69, 9.17) is 11.6 Å². The molecule has 2 rings (SSSR count). The molecule has 20 heavy (non-hydrogen) atoms. The molecule has 0 unspecified atom stereocenters. The first-order chi connectivity index (χ1) is 9.61. The van der Waals surface area contributed by atoms with E-state index in [1.54, 1.807) is 10.7 Å². The molecule has 0 N–H and O–H groups in total. The van der Waals surface area contributed by atoms with Crippen molar-refractivity contribution in [3.05, 3.63) is 46.8 Å². The van der Waals surface area contributed by atoms with Gasteiger partial charge in [0.1, 0.15) is 23.8 Å². The Morgan fingerprint density at radius 2 is 2.20 bits per heavy atom. The predicted molar refractivity (Wildman–Crippen MR) is 74.1 cm³/mol. The zero-order chi connectivity index (χ0) is 14.5. The molecule has 0 radical (unpaired) electrons. The van der Waals surface area contributed by atoms with E-state index in [1.807, 2.05) is 6.92 Å². The predicted octanol–water partition coefficient (Wildman–Crippen LogP) is 2.83. The smallest absolute Gasteiger partial charge is 0.144 e. The molecule has 4 nitrogen and oxygen atoms in total. The first-order valence-electron chi connectivity index (χ1n) is 6.43. The zero-order valence-corrected chi connectivity index (χ0v) is 11.9. The molecule has 0 bridgehead atoms. The van der Waals surface area contributed by atoms with E-state index >= 15 is 0 Å². The third-order valence-corrected chi connectivity index (χ3v) is 3.28. The minimum absolute atomic E-state index is 0.0372. The molecule has 106 valence electrons. The molecule has 0 aliphatic heterocycles. The summed E-state index contributed by atoms with van der Waals surface area (Å²) in [5.74, 6) is 0.00698. The van der Waals surface area contributed by atoms with Gasteiger partial charge in [-0.25, -0.2) is 14.1 Å². The Morgan fingerprint density at radius 1 is 1.40 bits per heavy atom. The van der Waals surface area contributed by atoms with E-state index in [1.165, 1.54) is 18.5 Å². The van der Waals surface area contributed by atoms with E-state index in [0.29, 0.717) is 12.4 Å². The Kier molecular flexibility index (Phi) is 4.84. The molecule has 0 amide bonds. The molecular weight excluding hydrogens is 281 g/mol. The lowest BCUT2D eigenvalue weighted by Gasteiger charge is -2.06. The van der Waals surface area contributed by atoms with Gasteiger partial charge in [-0.2, -0.15) is 5.10 Å². The van der Waals surface area contributed by atoms with Gasteiger partial charge in [0.15, 0.2) is 0 Å². The summed E-state index contributed by atoms with van der Waals surface area (Å²) >= 11 is 5.91. The van der Waals surface area contributed by atoms with E-state index in [9.17, 15) is 9.18 Å². The highest BCUT2D eigenvalue weighted by Crippen LogP contribution is 2.20. The van der Waals surface area contributed by atoms with Crippen molar-refractivity contribution in [1.29, 1.82) is 0 Å². The number of rotatable bonds is 6. The van der Waals surface area contributed by atoms with Crippen molar-refractivity contribution in [2.24, 2.45) is 0 Å². The van der Waals surface area contributed by atoms with E-state index in [-0.39, 0.29) is 29.2 Å². The van der Waals surface area contributed by atoms with Gasteiger partial charge in [0.2, 0.25) is 0 Å². The summed E-state index contributed by atoms with van der Waals surface area (Å²) in [5, 5.41) is 4.33. The first-order valence-corrected chi connectivity index (χ1v) is 6.81. The number of carbonyl (C=O) groups is 1. The highest BCUT2D eigenvalue weighted by Gasteiger charge is 2.15. The first kappa shape index (κ1) is 14.7. The molecule has 1 aromatic carbocycles. The fraction of sp³-hybridized carbons (Fsp3) is 0.357. The third kappa shape index (κ3) is 3.42. The molecule has 0 fully saturated rings. The highest BCUT2D eigenvalue weighted by molar-refractivity contribution is 6.31. The van der Waals surface area contributed by atoms with Gasteiger partial charge in [-0.3, -0.25) is 4.79 Å². The normalized spacial score (nSPS) is 10.8. The molecule has 0 aliphatic rings. The van der Waals surface area contributed by atoms with Crippen LogP contribution < -0.4 is 0 Å². The summed E-state index contributed by atoms with van der Waals surface area (Å²) in [6, 6.07) is 4.39. The van der Waals surface area contributed by atoms with Gasteiger partial charge in [0.25, 0.3) is 0 Å². The summed E-state index contributed by atoms with van der Waals surface area (Å²) < 4.78 is 15.3. The Morgan fingerprint density at radius 3 is 2.90 bits per heavy atom. The van der Waals surface area contributed by atoms with Crippen LogP contribution in [0.1, 0.15) is 24.7 Å². The lowest BCUT2D eigenvalue weighted by atomic mass is 10.1. The lowest BCUT2D eigenvalue weighted by molar-refractivity contribution is -0.118. The number of Topliss-reactive ketones (excluding diaryl/α,β-unsaturated/α-hetero) is 1. The second-order valence-corrected chi connectivity index (χ2v) is 4.90. The van der Waals surface area contributed by atoms with Crippen molar-refractivity contribution >= 4 is 17.4 Å². The number of hydrogen-bond acceptors (Lipinski definition) is 3. The Balaban J connectivity index is 2.07. The van der Waals surface area contributed by atoms with Gasteiger partial charge < -0.3 is 0 Å². The van der Waals surface area contributed by atoms with Crippen LogP contribution in [0.5, 0.6) is 0 Å². The second-order valence-electron chi connectivity index (χ2n) is 4.49. The maximum atomic E-state index is 13.6. The SMILES string of the molecule is CCCn1ncnc1CC(=O)Cc1c(F)cccc1Cl. The van der Waals surface area contributed by atoms with Crippen LogP contribution in [-0.4, -0.2) is 20.5 Å². The summed E-state index contributed by atoms with van der Waals surface area (Å²) in [7, 11) is 0. The molecule has 1 heterocycles. The van der Waals surface area contributed by atoms with Gasteiger partial charge in [-0.05, 0) is 18.6 Å². The molecule has 0 saturated heterocycles. The summed E-state index contributed by atoms with van der Waals surface area (Å²) in [4.78, 5) is 16.1. The van der Waals surface area contributed by atoms with E-state index < -0.39 is 5.82 Å². The molecule has 2 aromatic rings. The maximum absolute atomic E-state index is 13.6. The van der Waals surface area contributed by atoms with Crippen LogP contribution in [0.15, 0.2) is 24.5 Å². The minimum Gasteiger partial charge on any atom is -0.299 e. The lowest BCUT2D eigenvalue weighted by Crippen LogP contribution is -2.14. The fourth-order valence-electron chi connectivity index (χ4n) is 1.96. The Bertz CT molecular complexity index is 592. The Hall–Kier alpha value is -1.75. The van der Waals surface area contributed by atoms with Crippen molar-refractivity contribution < 1.29 is 9.18 Å². The van der Waals surface area contributed by atoms with Crippen LogP contribution in [0.4, 0.5) is 4.39 Å². The fourth-order valence-corrected chi connectivity index (χ4v) is 2.19. The van der Waals surface area contributed by atoms with Crippen molar-refractivity contribution in [2.75, 3.05) is 0 Å². The van der Waals surface area contributed by atoms with Crippen molar-refractivity contribution in [2.45, 2.75) is 32.7 Å². The van der Waals surface area contributed by atoms with E-state index in [2.05, 4.69) is 10.1 Å². The molecule has 6 heteroatoms. The molecule has 1 aromatic heterocycles. The summed E-state index contributed by atoms with van der Waals surface area (Å²) in [5.41, 5.74) is 0.237. The van der Waals surface area contributed by atoms with Gasteiger partial charge in [0.05, 0.1) is 6.42 Å². The molecule has 0 saturated carbocycles. The van der Waals surface area contributed by atoms with Crippen LogP contribution in [0.2, 0.25) is 5.02 Å². The second kappa shape index (κ2) is 6.61. The van der Waals surface area contributed by atoms with Crippen LogP contribution in [0, 0.1) is 5.82 Å². The molecule has 0 atom stereocenters. The van der Waals surface area contributed by atoms with Gasteiger partial charge in [0, 0.05) is 23.6 Å². The largest absolute Gasteiger partial charge is 0.299 e. The van der Waals surface area contributed by atoms with Crippen LogP contribution in [-0.2, 0) is 24.2 Å². The van der Waals surface area contributed by atoms with Crippen molar-refractivity contribution in [1.82, 2.24) is 14.8 Å². The summed E-state index contributed by atoms with van der Waals surface area (Å²) in [6.45, 7) is 2.73. The number of aromatic nitrogens is 3. The van der Waals surface area contributed by atoms with Crippen LogP contribution >= 0.6 is 11.6 Å². The third-order valence-electron chi connectivity index (χ3n) is 2.92. The van der Waals surface area contributed by atoms with Gasteiger partial charge in [-0.1, -0.05) is 24.6 Å². The molecule has 0 aliphatic carbocycles. The van der Waals surface area contributed by atoms with Gasteiger partial charge >= 0.3 is 0 Å². The topological polar surface area (TPSA) is 47.8 Å². The molecular formula is C14H15ClFN3O. The average molecular weight is 296 g/mol. The monoisotopic (exact) mass is 295 g/mol. The summed E-state index contributed by atoms with van der Waals surface area (Å²) in [6.07, 6.45) is 2.42. The number of benzene rings is 1. The maximum Gasteiger partial charge on any atom is 0.144 e. The number of ketones is 1. The number of aryl methyl sites for hydroxylation is 1.